The minimum Gasteiger partial charge on any atom is -0.479 e. The van der Waals surface area contributed by atoms with Gasteiger partial charge in [0.05, 0.1) is 12.7 Å². The van der Waals surface area contributed by atoms with E-state index in [1.807, 2.05) is 20.8 Å². The number of aliphatic imine (C=N–C) groups is 1. The number of likely N-dealkylation sites (tertiary alicyclic amines) is 1. The van der Waals surface area contributed by atoms with Crippen molar-refractivity contribution in [1.82, 2.24) is 4.90 Å². The van der Waals surface area contributed by atoms with E-state index in [2.05, 4.69) is 18.7 Å². The first-order valence-electron chi connectivity index (χ1n) is 10.7. The number of ether oxygens (including phenoxy) is 2. The van der Waals surface area contributed by atoms with Crippen LogP contribution in [0.25, 0.3) is 0 Å². The SMILES string of the molecule is CC1=NC(OCC2CC2)CC(N2CCC(C)(C)CC2)=C1[C@H](OC(C)C)C(=O)O. The second-order valence-corrected chi connectivity index (χ2v) is 9.56. The molecule has 28 heavy (non-hydrogen) atoms. The summed E-state index contributed by atoms with van der Waals surface area (Å²) in [6.45, 7) is 12.9. The van der Waals surface area contributed by atoms with Crippen molar-refractivity contribution in [2.24, 2.45) is 16.3 Å². The Morgan fingerprint density at radius 3 is 2.46 bits per heavy atom. The number of dihydropyridines is 1. The van der Waals surface area contributed by atoms with Crippen molar-refractivity contribution in [1.29, 1.82) is 0 Å². The fraction of sp³-hybridized carbons (Fsp3) is 0.818. The van der Waals surface area contributed by atoms with Crippen molar-refractivity contribution in [2.75, 3.05) is 19.7 Å². The number of aliphatic carboxylic acids is 1. The number of piperidine rings is 1. The van der Waals surface area contributed by atoms with Crippen LogP contribution >= 0.6 is 0 Å². The van der Waals surface area contributed by atoms with Gasteiger partial charge in [0.25, 0.3) is 0 Å². The summed E-state index contributed by atoms with van der Waals surface area (Å²) in [5.41, 5.74) is 2.85. The Kier molecular flexibility index (Phi) is 6.50. The Labute approximate surface area is 169 Å². The lowest BCUT2D eigenvalue weighted by Gasteiger charge is -2.42. The van der Waals surface area contributed by atoms with Crippen LogP contribution in [0, 0.1) is 11.3 Å². The number of nitrogens with zero attached hydrogens (tertiary/aromatic N) is 2. The molecule has 0 spiro atoms. The number of rotatable bonds is 8. The van der Waals surface area contributed by atoms with E-state index in [1.165, 1.54) is 12.8 Å². The zero-order chi connectivity index (χ0) is 20.5. The van der Waals surface area contributed by atoms with Gasteiger partial charge in [-0.15, -0.1) is 0 Å². The molecule has 2 atom stereocenters. The van der Waals surface area contributed by atoms with Gasteiger partial charge in [0, 0.05) is 36.5 Å². The van der Waals surface area contributed by atoms with Gasteiger partial charge in [0.2, 0.25) is 0 Å². The van der Waals surface area contributed by atoms with Crippen LogP contribution in [0.4, 0.5) is 0 Å². The summed E-state index contributed by atoms with van der Waals surface area (Å²) >= 11 is 0. The highest BCUT2D eigenvalue weighted by Crippen LogP contribution is 2.36. The summed E-state index contributed by atoms with van der Waals surface area (Å²) in [5.74, 6) is -0.276. The smallest absolute Gasteiger partial charge is 0.337 e. The molecule has 0 aromatic heterocycles. The molecule has 6 nitrogen and oxygen atoms in total. The molecule has 2 aliphatic heterocycles. The molecule has 158 valence electrons. The summed E-state index contributed by atoms with van der Waals surface area (Å²) in [6, 6.07) is 0. The monoisotopic (exact) mass is 392 g/mol. The first kappa shape index (κ1) is 21.3. The van der Waals surface area contributed by atoms with Gasteiger partial charge >= 0.3 is 5.97 Å². The van der Waals surface area contributed by atoms with E-state index in [1.54, 1.807) is 0 Å². The molecule has 6 heteroatoms. The van der Waals surface area contributed by atoms with Gasteiger partial charge in [-0.2, -0.15) is 0 Å². The predicted octanol–water partition coefficient (Wildman–Crippen LogP) is 3.86. The number of hydrogen-bond acceptors (Lipinski definition) is 5. The minimum absolute atomic E-state index is 0.174. The van der Waals surface area contributed by atoms with E-state index in [0.29, 0.717) is 17.8 Å². The Hall–Kier alpha value is -1.40. The van der Waals surface area contributed by atoms with E-state index in [9.17, 15) is 9.90 Å². The average molecular weight is 393 g/mol. The Morgan fingerprint density at radius 1 is 1.29 bits per heavy atom. The largest absolute Gasteiger partial charge is 0.479 e. The molecule has 1 unspecified atom stereocenters. The van der Waals surface area contributed by atoms with Crippen LogP contribution in [0.5, 0.6) is 0 Å². The molecule has 0 aromatic rings. The molecular formula is C22H36N2O4. The van der Waals surface area contributed by atoms with Crippen LogP contribution in [0.2, 0.25) is 0 Å². The summed E-state index contributed by atoms with van der Waals surface area (Å²) in [4.78, 5) is 19.1. The van der Waals surface area contributed by atoms with Crippen LogP contribution in [-0.2, 0) is 14.3 Å². The molecule has 1 aliphatic carbocycles. The van der Waals surface area contributed by atoms with E-state index >= 15 is 0 Å². The maximum atomic E-state index is 12.1. The number of carboxylic acids is 1. The fourth-order valence-corrected chi connectivity index (χ4v) is 3.99. The first-order chi connectivity index (χ1) is 13.2. The van der Waals surface area contributed by atoms with Crippen LogP contribution in [0.15, 0.2) is 16.3 Å². The second-order valence-electron chi connectivity index (χ2n) is 9.56. The zero-order valence-corrected chi connectivity index (χ0v) is 18.0. The molecule has 0 radical (unpaired) electrons. The maximum absolute atomic E-state index is 12.1. The predicted molar refractivity (Wildman–Crippen MR) is 109 cm³/mol. The Bertz CT molecular complexity index is 639. The van der Waals surface area contributed by atoms with Gasteiger partial charge in [0.15, 0.2) is 12.3 Å². The van der Waals surface area contributed by atoms with Crippen molar-refractivity contribution in [2.45, 2.75) is 85.2 Å². The quantitative estimate of drug-likeness (QED) is 0.679. The Morgan fingerprint density at radius 2 is 1.93 bits per heavy atom. The lowest BCUT2D eigenvalue weighted by molar-refractivity contribution is -0.150. The normalized spacial score (nSPS) is 26.4. The first-order valence-corrected chi connectivity index (χ1v) is 10.7. The fourth-order valence-electron chi connectivity index (χ4n) is 3.99. The van der Waals surface area contributed by atoms with Crippen LogP contribution in [0.1, 0.15) is 66.7 Å². The van der Waals surface area contributed by atoms with Crippen LogP contribution < -0.4 is 0 Å². The molecule has 0 amide bonds. The number of carbonyl (C=O) groups is 1. The van der Waals surface area contributed by atoms with Gasteiger partial charge in [-0.25, -0.2) is 4.79 Å². The van der Waals surface area contributed by atoms with Crippen molar-refractivity contribution >= 4 is 11.7 Å². The molecule has 2 fully saturated rings. The van der Waals surface area contributed by atoms with Crippen LogP contribution in [0.3, 0.4) is 0 Å². The summed E-state index contributed by atoms with van der Waals surface area (Å²) in [6.07, 6.45) is 3.92. The summed E-state index contributed by atoms with van der Waals surface area (Å²) < 4.78 is 11.9. The average Bonchev–Trinajstić information content (AvgIpc) is 3.42. The van der Waals surface area contributed by atoms with E-state index < -0.39 is 12.1 Å². The molecule has 0 aromatic carbocycles. The van der Waals surface area contributed by atoms with Gasteiger partial charge in [-0.05, 0) is 57.8 Å². The molecule has 3 rings (SSSR count). The molecule has 0 bridgehead atoms. The number of hydrogen-bond donors (Lipinski definition) is 1. The number of carboxylic acid groups (broad SMARTS) is 1. The third-order valence-corrected chi connectivity index (χ3v) is 6.02. The highest BCUT2D eigenvalue weighted by Gasteiger charge is 2.37. The van der Waals surface area contributed by atoms with E-state index in [0.717, 1.165) is 49.5 Å². The summed E-state index contributed by atoms with van der Waals surface area (Å²) in [5, 5.41) is 9.88. The topological polar surface area (TPSA) is 71.4 Å². The standard InChI is InChI=1S/C22H36N2O4/c1-14(2)28-20(21(25)26)19-15(3)23-18(27-13-16-6-7-16)12-17(19)24-10-8-22(4,5)9-11-24/h14,16,18,20H,6-13H2,1-5H3,(H,25,26)/t18?,20-/m0/s1. The molecule has 1 N–H and O–H groups in total. The highest BCUT2D eigenvalue weighted by atomic mass is 16.5. The van der Waals surface area contributed by atoms with Crippen molar-refractivity contribution in [3.63, 3.8) is 0 Å². The maximum Gasteiger partial charge on any atom is 0.337 e. The van der Waals surface area contributed by atoms with Crippen LogP contribution in [-0.4, -0.2) is 59.8 Å². The molecule has 3 aliphatic rings. The molecule has 1 saturated carbocycles. The molecule has 1 saturated heterocycles. The Balaban J connectivity index is 1.88. The van der Waals surface area contributed by atoms with Crippen molar-refractivity contribution in [3.05, 3.63) is 11.3 Å². The third kappa shape index (κ3) is 5.35. The molecular weight excluding hydrogens is 356 g/mol. The lowest BCUT2D eigenvalue weighted by Crippen LogP contribution is -2.43. The zero-order valence-electron chi connectivity index (χ0n) is 18.0. The van der Waals surface area contributed by atoms with E-state index in [4.69, 9.17) is 14.5 Å². The van der Waals surface area contributed by atoms with Gasteiger partial charge < -0.3 is 19.5 Å². The van der Waals surface area contributed by atoms with Gasteiger partial charge in [-0.1, -0.05) is 13.8 Å². The van der Waals surface area contributed by atoms with Gasteiger partial charge in [-0.3, -0.25) is 4.99 Å². The minimum atomic E-state index is -0.988. The highest BCUT2D eigenvalue weighted by molar-refractivity contribution is 6.04. The van der Waals surface area contributed by atoms with Gasteiger partial charge in [0.1, 0.15) is 0 Å². The third-order valence-electron chi connectivity index (χ3n) is 6.02. The molecule has 2 heterocycles. The second kappa shape index (κ2) is 8.54. The lowest BCUT2D eigenvalue weighted by atomic mass is 9.82. The van der Waals surface area contributed by atoms with Crippen molar-refractivity contribution < 1.29 is 19.4 Å². The summed E-state index contributed by atoms with van der Waals surface area (Å²) in [7, 11) is 0. The van der Waals surface area contributed by atoms with Crippen molar-refractivity contribution in [3.8, 4) is 0 Å². The van der Waals surface area contributed by atoms with E-state index in [-0.39, 0.29) is 12.3 Å².